The highest BCUT2D eigenvalue weighted by Crippen LogP contribution is 2.27. The zero-order chi connectivity index (χ0) is 14.9. The number of nitrogens with one attached hydrogen (secondary N) is 1. The lowest BCUT2D eigenvalue weighted by atomic mass is 10.1. The molecule has 0 bridgehead atoms. The summed E-state index contributed by atoms with van der Waals surface area (Å²) in [5, 5.41) is 2.96. The molecule has 4 nitrogen and oxygen atoms in total. The van der Waals surface area contributed by atoms with Crippen LogP contribution >= 0.6 is 11.3 Å². The minimum absolute atomic E-state index is 0.146. The summed E-state index contributed by atoms with van der Waals surface area (Å²) in [6.07, 6.45) is 2.32. The predicted molar refractivity (Wildman–Crippen MR) is 85.9 cm³/mol. The molecule has 21 heavy (non-hydrogen) atoms. The maximum Gasteiger partial charge on any atom is 0.214 e. The molecule has 1 heterocycles. The molecule has 1 saturated carbocycles. The highest BCUT2D eigenvalue weighted by Gasteiger charge is 2.35. The molecule has 0 radical (unpaired) electrons. The van der Waals surface area contributed by atoms with Crippen LogP contribution in [0.3, 0.4) is 0 Å². The van der Waals surface area contributed by atoms with Crippen molar-refractivity contribution in [2.45, 2.75) is 31.4 Å². The molecule has 0 atom stereocenters. The first-order valence-corrected chi connectivity index (χ1v) is 9.47. The largest absolute Gasteiger partial charge is 0.242 e. The third-order valence-corrected chi connectivity index (χ3v) is 6.28. The van der Waals surface area contributed by atoms with Gasteiger partial charge in [-0.3, -0.25) is 0 Å². The van der Waals surface area contributed by atoms with Crippen molar-refractivity contribution < 1.29 is 8.42 Å². The minimum Gasteiger partial charge on any atom is -0.242 e. The van der Waals surface area contributed by atoms with Crippen LogP contribution in [-0.2, 0) is 16.4 Å². The van der Waals surface area contributed by atoms with Crippen LogP contribution in [0, 0.1) is 6.92 Å². The van der Waals surface area contributed by atoms with Gasteiger partial charge in [0.1, 0.15) is 0 Å². The molecule has 0 saturated heterocycles. The summed E-state index contributed by atoms with van der Waals surface area (Å²) >= 11 is 1.64. The van der Waals surface area contributed by atoms with E-state index >= 15 is 0 Å². The monoisotopic (exact) mass is 322 g/mol. The SMILES string of the molecule is Cc1nc(-c2ccc(CCNS(=O)(=O)C3CC3)cc2)cs1. The highest BCUT2D eigenvalue weighted by molar-refractivity contribution is 7.90. The second kappa shape index (κ2) is 5.87. The van der Waals surface area contributed by atoms with Gasteiger partial charge in [-0.2, -0.15) is 0 Å². The van der Waals surface area contributed by atoms with Crippen molar-refractivity contribution in [2.75, 3.05) is 6.54 Å². The van der Waals surface area contributed by atoms with E-state index in [2.05, 4.69) is 9.71 Å². The van der Waals surface area contributed by atoms with Crippen molar-refractivity contribution in [2.24, 2.45) is 0 Å². The molecular weight excluding hydrogens is 304 g/mol. The fourth-order valence-electron chi connectivity index (χ4n) is 2.17. The number of rotatable bonds is 6. The number of hydrogen-bond acceptors (Lipinski definition) is 4. The van der Waals surface area contributed by atoms with E-state index in [4.69, 9.17) is 0 Å². The number of nitrogens with zero attached hydrogens (tertiary/aromatic N) is 1. The Morgan fingerprint density at radius 3 is 2.57 bits per heavy atom. The second-order valence-corrected chi connectivity index (χ2v) is 8.44. The number of aromatic nitrogens is 1. The van der Waals surface area contributed by atoms with Crippen LogP contribution < -0.4 is 4.72 Å². The van der Waals surface area contributed by atoms with Crippen LogP contribution in [-0.4, -0.2) is 25.2 Å². The Morgan fingerprint density at radius 1 is 1.29 bits per heavy atom. The second-order valence-electron chi connectivity index (χ2n) is 5.34. The summed E-state index contributed by atoms with van der Waals surface area (Å²) in [7, 11) is -3.06. The quantitative estimate of drug-likeness (QED) is 0.889. The molecule has 0 unspecified atom stereocenters. The lowest BCUT2D eigenvalue weighted by Crippen LogP contribution is -2.29. The van der Waals surface area contributed by atoms with Crippen LogP contribution in [0.4, 0.5) is 0 Å². The molecule has 0 amide bonds. The third-order valence-electron chi connectivity index (χ3n) is 3.55. The first-order valence-electron chi connectivity index (χ1n) is 7.04. The number of benzene rings is 1. The van der Waals surface area contributed by atoms with E-state index < -0.39 is 10.0 Å². The Kier molecular flexibility index (Phi) is 4.10. The van der Waals surface area contributed by atoms with Crippen molar-refractivity contribution in [3.05, 3.63) is 40.2 Å². The number of sulfonamides is 1. The van der Waals surface area contributed by atoms with Crippen LogP contribution in [0.25, 0.3) is 11.3 Å². The van der Waals surface area contributed by atoms with Gasteiger partial charge < -0.3 is 0 Å². The predicted octanol–water partition coefficient (Wildman–Crippen LogP) is 2.74. The summed E-state index contributed by atoms with van der Waals surface area (Å²) in [6, 6.07) is 8.16. The zero-order valence-corrected chi connectivity index (χ0v) is 13.5. The van der Waals surface area contributed by atoms with Gasteiger partial charge in [-0.1, -0.05) is 24.3 Å². The van der Waals surface area contributed by atoms with Crippen LogP contribution in [0.15, 0.2) is 29.6 Å². The topological polar surface area (TPSA) is 59.1 Å². The standard InChI is InChI=1S/C15H18N2O2S2/c1-11-17-15(10-20-11)13-4-2-12(3-5-13)8-9-16-21(18,19)14-6-7-14/h2-5,10,14,16H,6-9H2,1H3. The van der Waals surface area contributed by atoms with Gasteiger partial charge in [-0.05, 0) is 31.7 Å². The Hall–Kier alpha value is -1.24. The van der Waals surface area contributed by atoms with E-state index in [1.807, 2.05) is 36.6 Å². The molecule has 1 N–H and O–H groups in total. The molecule has 1 fully saturated rings. The van der Waals surface area contributed by atoms with Gasteiger partial charge in [0.25, 0.3) is 0 Å². The van der Waals surface area contributed by atoms with Gasteiger partial charge in [-0.25, -0.2) is 18.1 Å². The summed E-state index contributed by atoms with van der Waals surface area (Å²) < 4.78 is 26.1. The van der Waals surface area contributed by atoms with Gasteiger partial charge in [0.2, 0.25) is 10.0 Å². The molecular formula is C15H18N2O2S2. The van der Waals surface area contributed by atoms with Crippen LogP contribution in [0.2, 0.25) is 0 Å². The zero-order valence-electron chi connectivity index (χ0n) is 11.9. The molecule has 0 aliphatic heterocycles. The van der Waals surface area contributed by atoms with E-state index in [9.17, 15) is 8.42 Å². The molecule has 0 spiro atoms. The maximum absolute atomic E-state index is 11.7. The number of aryl methyl sites for hydroxylation is 1. The van der Waals surface area contributed by atoms with Gasteiger partial charge >= 0.3 is 0 Å². The third kappa shape index (κ3) is 3.70. The van der Waals surface area contributed by atoms with Crippen molar-refractivity contribution in [1.29, 1.82) is 0 Å². The van der Waals surface area contributed by atoms with Gasteiger partial charge in [-0.15, -0.1) is 11.3 Å². The van der Waals surface area contributed by atoms with Gasteiger partial charge in [0.15, 0.2) is 0 Å². The molecule has 1 aliphatic carbocycles. The van der Waals surface area contributed by atoms with Gasteiger partial charge in [0, 0.05) is 17.5 Å². The number of thiazole rings is 1. The fraction of sp³-hybridized carbons (Fsp3) is 0.400. The summed E-state index contributed by atoms with van der Waals surface area (Å²) in [6.45, 7) is 2.46. The first-order chi connectivity index (χ1) is 10.0. The Labute approximate surface area is 129 Å². The summed E-state index contributed by atoms with van der Waals surface area (Å²) in [5.74, 6) is 0. The van der Waals surface area contributed by atoms with Crippen molar-refractivity contribution in [3.63, 3.8) is 0 Å². The average molecular weight is 322 g/mol. The Balaban J connectivity index is 1.57. The number of hydrogen-bond donors (Lipinski definition) is 1. The summed E-state index contributed by atoms with van der Waals surface area (Å²) in [4.78, 5) is 4.46. The first kappa shape index (κ1) is 14.7. The molecule has 3 rings (SSSR count). The molecule has 1 aromatic carbocycles. The highest BCUT2D eigenvalue weighted by atomic mass is 32.2. The lowest BCUT2D eigenvalue weighted by molar-refractivity contribution is 0.580. The normalized spacial score (nSPS) is 15.3. The smallest absolute Gasteiger partial charge is 0.214 e. The molecule has 1 aliphatic rings. The molecule has 1 aromatic heterocycles. The fourth-order valence-corrected chi connectivity index (χ4v) is 4.17. The summed E-state index contributed by atoms with van der Waals surface area (Å²) in [5.41, 5.74) is 3.23. The molecule has 2 aromatic rings. The molecule has 6 heteroatoms. The lowest BCUT2D eigenvalue weighted by Gasteiger charge is -2.06. The minimum atomic E-state index is -3.06. The van der Waals surface area contributed by atoms with Crippen LogP contribution in [0.5, 0.6) is 0 Å². The van der Waals surface area contributed by atoms with E-state index in [1.165, 1.54) is 0 Å². The Morgan fingerprint density at radius 2 is 2.00 bits per heavy atom. The van der Waals surface area contributed by atoms with Crippen molar-refractivity contribution in [1.82, 2.24) is 9.71 Å². The average Bonchev–Trinajstić information content (AvgIpc) is 3.23. The van der Waals surface area contributed by atoms with E-state index in [0.29, 0.717) is 13.0 Å². The van der Waals surface area contributed by atoms with E-state index in [0.717, 1.165) is 34.7 Å². The Bertz CT molecular complexity index is 716. The van der Waals surface area contributed by atoms with Crippen molar-refractivity contribution in [3.8, 4) is 11.3 Å². The van der Waals surface area contributed by atoms with E-state index in [-0.39, 0.29) is 5.25 Å². The van der Waals surface area contributed by atoms with E-state index in [1.54, 1.807) is 11.3 Å². The van der Waals surface area contributed by atoms with Gasteiger partial charge in [0.05, 0.1) is 16.0 Å². The molecule has 112 valence electrons. The van der Waals surface area contributed by atoms with Crippen molar-refractivity contribution >= 4 is 21.4 Å². The maximum atomic E-state index is 11.7. The van der Waals surface area contributed by atoms with Crippen LogP contribution in [0.1, 0.15) is 23.4 Å².